The molecular formula is C12H23N5O2S. The molecule has 1 aromatic rings. The van der Waals surface area contributed by atoms with E-state index in [2.05, 4.69) is 14.7 Å². The Labute approximate surface area is 120 Å². The maximum atomic E-state index is 12.3. The van der Waals surface area contributed by atoms with Gasteiger partial charge in [-0.15, -0.1) is 0 Å². The second-order valence-corrected chi connectivity index (χ2v) is 6.95. The van der Waals surface area contributed by atoms with E-state index in [1.54, 1.807) is 0 Å². The van der Waals surface area contributed by atoms with Crippen LogP contribution in [0.5, 0.6) is 0 Å². The normalized spacial score (nSPS) is 21.2. The number of likely N-dealkylation sites (N-methyl/N-ethyl adjacent to an activating group) is 1. The van der Waals surface area contributed by atoms with Crippen molar-refractivity contribution in [2.24, 2.45) is 0 Å². The smallest absolute Gasteiger partial charge is 0.245 e. The van der Waals surface area contributed by atoms with Gasteiger partial charge in [0.25, 0.3) is 0 Å². The van der Waals surface area contributed by atoms with Crippen molar-refractivity contribution < 1.29 is 8.42 Å². The number of hydrogen-bond acceptors (Lipinski definition) is 5. The van der Waals surface area contributed by atoms with Crippen LogP contribution in [0.2, 0.25) is 0 Å². The van der Waals surface area contributed by atoms with Gasteiger partial charge in [0.05, 0.1) is 0 Å². The van der Waals surface area contributed by atoms with Gasteiger partial charge in [-0.1, -0.05) is 6.42 Å². The Kier molecular flexibility index (Phi) is 4.66. The van der Waals surface area contributed by atoms with E-state index >= 15 is 0 Å². The molecule has 0 aliphatic carbocycles. The number of sulfonamides is 1. The molecule has 20 heavy (non-hydrogen) atoms. The number of rotatable bonds is 5. The van der Waals surface area contributed by atoms with E-state index in [1.165, 1.54) is 17.3 Å². The number of nitrogens with two attached hydrogens (primary N) is 1. The second kappa shape index (κ2) is 6.11. The first kappa shape index (κ1) is 15.3. The number of aryl methyl sites for hydroxylation is 1. The number of nitrogen functional groups attached to an aromatic ring is 1. The first-order valence-corrected chi connectivity index (χ1v) is 8.45. The van der Waals surface area contributed by atoms with E-state index in [9.17, 15) is 8.42 Å². The van der Waals surface area contributed by atoms with Crippen molar-refractivity contribution in [2.45, 2.75) is 43.7 Å². The maximum Gasteiger partial charge on any atom is 0.245 e. The van der Waals surface area contributed by atoms with E-state index in [-0.39, 0.29) is 16.8 Å². The summed E-state index contributed by atoms with van der Waals surface area (Å²) in [6, 6.07) is 0.251. The first-order valence-electron chi connectivity index (χ1n) is 6.97. The molecule has 114 valence electrons. The molecule has 0 bridgehead atoms. The number of hydrogen-bond donors (Lipinski definition) is 2. The molecule has 0 saturated carbocycles. The fourth-order valence-corrected chi connectivity index (χ4v) is 3.62. The molecule has 1 aliphatic rings. The van der Waals surface area contributed by atoms with Crippen LogP contribution in [0.4, 0.5) is 5.82 Å². The highest BCUT2D eigenvalue weighted by Gasteiger charge is 2.24. The monoisotopic (exact) mass is 301 g/mol. The third-order valence-corrected chi connectivity index (χ3v) is 5.24. The van der Waals surface area contributed by atoms with Gasteiger partial charge in [-0.3, -0.25) is 4.68 Å². The zero-order valence-electron chi connectivity index (χ0n) is 12.0. The molecule has 2 heterocycles. The van der Waals surface area contributed by atoms with Crippen molar-refractivity contribution in [1.29, 1.82) is 0 Å². The Morgan fingerprint density at radius 3 is 2.85 bits per heavy atom. The van der Waals surface area contributed by atoms with Crippen LogP contribution in [-0.4, -0.2) is 49.3 Å². The van der Waals surface area contributed by atoms with Gasteiger partial charge >= 0.3 is 0 Å². The Hall–Kier alpha value is -1.12. The predicted molar refractivity (Wildman–Crippen MR) is 77.8 cm³/mol. The van der Waals surface area contributed by atoms with Crippen LogP contribution in [0.25, 0.3) is 0 Å². The Morgan fingerprint density at radius 2 is 2.25 bits per heavy atom. The highest BCUT2D eigenvalue weighted by atomic mass is 32.2. The molecule has 0 amide bonds. The van der Waals surface area contributed by atoms with Gasteiger partial charge in [-0.25, -0.2) is 13.1 Å². The summed E-state index contributed by atoms with van der Waals surface area (Å²) in [6.45, 7) is 3.90. The van der Waals surface area contributed by atoms with E-state index in [0.717, 1.165) is 19.4 Å². The lowest BCUT2D eigenvalue weighted by Gasteiger charge is -2.32. The molecule has 0 radical (unpaired) electrons. The first-order chi connectivity index (χ1) is 9.44. The summed E-state index contributed by atoms with van der Waals surface area (Å²) in [4.78, 5) is 2.27. The minimum atomic E-state index is -3.59. The molecule has 3 N–H and O–H groups in total. The Bertz CT molecular complexity index is 554. The van der Waals surface area contributed by atoms with Gasteiger partial charge in [0.2, 0.25) is 10.0 Å². The molecule has 1 unspecified atom stereocenters. The molecule has 1 aliphatic heterocycles. The molecule has 1 saturated heterocycles. The standard InChI is InChI=1S/C12H23N5O2S/c1-3-17-9-11(12(13)15-17)20(18,19)14-8-10-6-4-5-7-16(10)2/h9-10,14H,3-8H2,1-2H3,(H2,13,15). The Balaban J connectivity index is 2.05. The number of anilines is 1. The van der Waals surface area contributed by atoms with Crippen LogP contribution in [-0.2, 0) is 16.6 Å². The van der Waals surface area contributed by atoms with Crippen molar-refractivity contribution in [1.82, 2.24) is 19.4 Å². The number of nitrogens with zero attached hydrogens (tertiary/aromatic N) is 3. The lowest BCUT2D eigenvalue weighted by molar-refractivity contribution is 0.187. The summed E-state index contributed by atoms with van der Waals surface area (Å²) in [7, 11) is -1.56. The predicted octanol–water partition coefficient (Wildman–Crippen LogP) is 0.248. The molecule has 2 rings (SSSR count). The maximum absolute atomic E-state index is 12.3. The summed E-state index contributed by atoms with van der Waals surface area (Å²) < 4.78 is 28.7. The van der Waals surface area contributed by atoms with E-state index in [4.69, 9.17) is 5.73 Å². The zero-order chi connectivity index (χ0) is 14.8. The highest BCUT2D eigenvalue weighted by Crippen LogP contribution is 2.18. The van der Waals surface area contributed by atoms with Crippen LogP contribution in [0.15, 0.2) is 11.1 Å². The fraction of sp³-hybridized carbons (Fsp3) is 0.750. The van der Waals surface area contributed by atoms with E-state index in [1.807, 2.05) is 14.0 Å². The van der Waals surface area contributed by atoms with Gasteiger partial charge in [0.1, 0.15) is 4.90 Å². The zero-order valence-corrected chi connectivity index (χ0v) is 12.9. The summed E-state index contributed by atoms with van der Waals surface area (Å²) in [5, 5.41) is 3.97. The van der Waals surface area contributed by atoms with Gasteiger partial charge in [0.15, 0.2) is 5.82 Å². The summed E-state index contributed by atoms with van der Waals surface area (Å²) in [5.74, 6) is 0.0522. The second-order valence-electron chi connectivity index (χ2n) is 5.22. The van der Waals surface area contributed by atoms with Crippen LogP contribution >= 0.6 is 0 Å². The molecule has 8 heteroatoms. The molecule has 0 aromatic carbocycles. The fourth-order valence-electron chi connectivity index (χ4n) is 2.47. The van der Waals surface area contributed by atoms with Crippen molar-refractivity contribution in [3.63, 3.8) is 0 Å². The van der Waals surface area contributed by atoms with Crippen molar-refractivity contribution in [3.05, 3.63) is 6.20 Å². The van der Waals surface area contributed by atoms with Crippen molar-refractivity contribution in [2.75, 3.05) is 25.9 Å². The summed E-state index contributed by atoms with van der Waals surface area (Å²) in [5.41, 5.74) is 5.68. The molecule has 1 fully saturated rings. The number of aromatic nitrogens is 2. The van der Waals surface area contributed by atoms with Crippen LogP contribution in [0.3, 0.4) is 0 Å². The lowest BCUT2D eigenvalue weighted by Crippen LogP contribution is -2.44. The number of nitrogens with one attached hydrogen (secondary N) is 1. The number of piperidine rings is 1. The van der Waals surface area contributed by atoms with Crippen LogP contribution < -0.4 is 10.5 Å². The van der Waals surface area contributed by atoms with Crippen molar-refractivity contribution >= 4 is 15.8 Å². The average Bonchev–Trinajstić information content (AvgIpc) is 2.80. The number of likely N-dealkylation sites (tertiary alicyclic amines) is 1. The van der Waals surface area contributed by atoms with Crippen LogP contribution in [0.1, 0.15) is 26.2 Å². The van der Waals surface area contributed by atoms with Gasteiger partial charge in [0, 0.05) is 25.3 Å². The molecule has 1 atom stereocenters. The largest absolute Gasteiger partial charge is 0.381 e. The van der Waals surface area contributed by atoms with Gasteiger partial charge in [-0.2, -0.15) is 5.10 Å². The minimum absolute atomic E-state index is 0.0522. The SMILES string of the molecule is CCn1cc(S(=O)(=O)NCC2CCCCN2C)c(N)n1. The molecule has 7 nitrogen and oxygen atoms in total. The third kappa shape index (κ3) is 3.31. The lowest BCUT2D eigenvalue weighted by atomic mass is 10.0. The van der Waals surface area contributed by atoms with E-state index in [0.29, 0.717) is 13.1 Å². The van der Waals surface area contributed by atoms with E-state index < -0.39 is 10.0 Å². The topological polar surface area (TPSA) is 93.2 Å². The Morgan fingerprint density at radius 1 is 1.50 bits per heavy atom. The highest BCUT2D eigenvalue weighted by molar-refractivity contribution is 7.89. The summed E-state index contributed by atoms with van der Waals surface area (Å²) >= 11 is 0. The molecular weight excluding hydrogens is 278 g/mol. The van der Waals surface area contributed by atoms with Gasteiger partial charge in [-0.05, 0) is 33.4 Å². The van der Waals surface area contributed by atoms with Gasteiger partial charge < -0.3 is 10.6 Å². The third-order valence-electron chi connectivity index (χ3n) is 3.80. The van der Waals surface area contributed by atoms with Crippen molar-refractivity contribution in [3.8, 4) is 0 Å². The van der Waals surface area contributed by atoms with Crippen LogP contribution in [0, 0.1) is 0 Å². The molecule has 0 spiro atoms. The quantitative estimate of drug-likeness (QED) is 0.813. The summed E-state index contributed by atoms with van der Waals surface area (Å²) in [6.07, 6.45) is 4.81. The molecule has 1 aromatic heterocycles. The average molecular weight is 301 g/mol. The minimum Gasteiger partial charge on any atom is -0.381 e.